The van der Waals surface area contributed by atoms with E-state index in [0.29, 0.717) is 0 Å². The average molecular weight is 522 g/mol. The zero-order valence-electron chi connectivity index (χ0n) is 24.4. The van der Waals surface area contributed by atoms with E-state index in [-0.39, 0.29) is 0 Å². The minimum absolute atomic E-state index is 0.747. The molecule has 4 aromatic rings. The molecule has 0 bridgehead atoms. The van der Waals surface area contributed by atoms with Gasteiger partial charge in [-0.05, 0) is 103 Å². The highest BCUT2D eigenvalue weighted by Gasteiger charge is 2.14. The van der Waals surface area contributed by atoms with Crippen molar-refractivity contribution in [3.05, 3.63) is 167 Å². The molecule has 4 rings (SSSR count). The normalized spacial score (nSPS) is 12.4. The lowest BCUT2D eigenvalue weighted by Gasteiger charge is -2.17. The van der Waals surface area contributed by atoms with Gasteiger partial charge in [0.05, 0.1) is 5.69 Å². The molecule has 0 unspecified atom stereocenters. The van der Waals surface area contributed by atoms with Crippen LogP contribution in [0.15, 0.2) is 139 Å². The highest BCUT2D eigenvalue weighted by molar-refractivity contribution is 5.95. The Labute approximate surface area is 240 Å². The van der Waals surface area contributed by atoms with Crippen molar-refractivity contribution in [1.82, 2.24) is 0 Å². The predicted octanol–water partition coefficient (Wildman–Crippen LogP) is 10.7. The van der Waals surface area contributed by atoms with E-state index < -0.39 is 0 Å². The summed E-state index contributed by atoms with van der Waals surface area (Å²) >= 11 is 0. The molecule has 200 valence electrons. The smallest absolute Gasteiger partial charge is 0.0668 e. The predicted molar refractivity (Wildman–Crippen MR) is 176 cm³/mol. The SMILES string of the molecule is C=C(/C=C(/c1ccccc1)c1ccccc1C)Cc1cc(C)c(/N=C(C)/C=C\C=C/C)cc1-c1ccccc1C. The van der Waals surface area contributed by atoms with E-state index in [1.54, 1.807) is 0 Å². The highest BCUT2D eigenvalue weighted by atomic mass is 14.7. The van der Waals surface area contributed by atoms with Crippen molar-refractivity contribution in [3.63, 3.8) is 0 Å². The van der Waals surface area contributed by atoms with Crippen LogP contribution < -0.4 is 0 Å². The molecule has 0 spiro atoms. The van der Waals surface area contributed by atoms with Gasteiger partial charge in [0.25, 0.3) is 0 Å². The summed E-state index contributed by atoms with van der Waals surface area (Å²) in [5, 5.41) is 0. The molecule has 0 fully saturated rings. The fourth-order valence-corrected chi connectivity index (χ4v) is 4.99. The van der Waals surface area contributed by atoms with E-state index in [9.17, 15) is 0 Å². The van der Waals surface area contributed by atoms with Crippen molar-refractivity contribution >= 4 is 17.0 Å². The lowest BCUT2D eigenvalue weighted by molar-refractivity contribution is 1.19. The molecule has 0 heterocycles. The van der Waals surface area contributed by atoms with E-state index in [1.165, 1.54) is 44.5 Å². The summed E-state index contributed by atoms with van der Waals surface area (Å²) < 4.78 is 0. The first-order valence-electron chi connectivity index (χ1n) is 13.9. The fourth-order valence-electron chi connectivity index (χ4n) is 4.99. The third kappa shape index (κ3) is 7.12. The number of hydrogen-bond acceptors (Lipinski definition) is 1. The number of rotatable bonds is 9. The Bertz CT molecular complexity index is 1610. The maximum Gasteiger partial charge on any atom is 0.0668 e. The van der Waals surface area contributed by atoms with Crippen molar-refractivity contribution in [1.29, 1.82) is 0 Å². The quantitative estimate of drug-likeness (QED) is 0.153. The van der Waals surface area contributed by atoms with Crippen molar-refractivity contribution < 1.29 is 0 Å². The Morgan fingerprint density at radius 2 is 1.43 bits per heavy atom. The first kappa shape index (κ1) is 28.5. The minimum Gasteiger partial charge on any atom is -0.253 e. The van der Waals surface area contributed by atoms with Gasteiger partial charge in [0, 0.05) is 5.71 Å². The Morgan fingerprint density at radius 3 is 2.12 bits per heavy atom. The lowest BCUT2D eigenvalue weighted by Crippen LogP contribution is -1.98. The monoisotopic (exact) mass is 521 g/mol. The van der Waals surface area contributed by atoms with E-state index in [0.717, 1.165) is 29.0 Å². The van der Waals surface area contributed by atoms with Crippen LogP contribution >= 0.6 is 0 Å². The van der Waals surface area contributed by atoms with Crippen LogP contribution in [0.1, 0.15) is 47.2 Å². The second-order valence-corrected chi connectivity index (χ2v) is 10.3. The van der Waals surface area contributed by atoms with Crippen LogP contribution in [0.2, 0.25) is 0 Å². The molecule has 4 aromatic carbocycles. The average Bonchev–Trinajstić information content (AvgIpc) is 2.95. The molecule has 1 nitrogen and oxygen atoms in total. The van der Waals surface area contributed by atoms with Crippen LogP contribution in [0.5, 0.6) is 0 Å². The summed E-state index contributed by atoms with van der Waals surface area (Å²) in [6.07, 6.45) is 11.1. The number of aliphatic imine (C=N–C) groups is 1. The zero-order chi connectivity index (χ0) is 28.5. The number of benzene rings is 4. The zero-order valence-corrected chi connectivity index (χ0v) is 24.4. The van der Waals surface area contributed by atoms with Crippen molar-refractivity contribution in [2.24, 2.45) is 4.99 Å². The Hall–Kier alpha value is -4.49. The van der Waals surface area contributed by atoms with E-state index >= 15 is 0 Å². The van der Waals surface area contributed by atoms with Crippen molar-refractivity contribution in [2.45, 2.75) is 41.0 Å². The van der Waals surface area contributed by atoms with Gasteiger partial charge in [0.1, 0.15) is 0 Å². The topological polar surface area (TPSA) is 12.4 Å². The van der Waals surface area contributed by atoms with Crippen LogP contribution in [0, 0.1) is 20.8 Å². The summed E-state index contributed by atoms with van der Waals surface area (Å²) in [4.78, 5) is 4.97. The van der Waals surface area contributed by atoms with Gasteiger partial charge in [-0.3, -0.25) is 4.99 Å². The Morgan fingerprint density at radius 1 is 0.750 bits per heavy atom. The minimum atomic E-state index is 0.747. The molecule has 1 heteroatoms. The molecule has 0 saturated heterocycles. The van der Waals surface area contributed by atoms with Gasteiger partial charge >= 0.3 is 0 Å². The molecule has 0 atom stereocenters. The van der Waals surface area contributed by atoms with Crippen LogP contribution in [0.3, 0.4) is 0 Å². The van der Waals surface area contributed by atoms with Crippen molar-refractivity contribution in [2.75, 3.05) is 0 Å². The molecule has 0 aliphatic rings. The molecular weight excluding hydrogens is 482 g/mol. The summed E-state index contributed by atoms with van der Waals surface area (Å²) in [7, 11) is 0. The van der Waals surface area contributed by atoms with Gasteiger partial charge in [-0.2, -0.15) is 0 Å². The van der Waals surface area contributed by atoms with Crippen LogP contribution in [0.4, 0.5) is 5.69 Å². The number of allylic oxidation sites excluding steroid dienone is 6. The van der Waals surface area contributed by atoms with Gasteiger partial charge in [-0.1, -0.05) is 121 Å². The lowest BCUT2D eigenvalue weighted by atomic mass is 9.88. The molecule has 0 N–H and O–H groups in total. The van der Waals surface area contributed by atoms with Crippen molar-refractivity contribution in [3.8, 4) is 11.1 Å². The maximum atomic E-state index is 4.97. The molecule has 0 radical (unpaired) electrons. The van der Waals surface area contributed by atoms with E-state index in [4.69, 9.17) is 4.99 Å². The number of aryl methyl sites for hydroxylation is 3. The first-order chi connectivity index (χ1) is 19.4. The summed E-state index contributed by atoms with van der Waals surface area (Å²) in [6.45, 7) is 15.1. The number of hydrogen-bond donors (Lipinski definition) is 0. The highest BCUT2D eigenvalue weighted by Crippen LogP contribution is 2.35. The standard InChI is InChI=1S/C39H39N/c1-7-8-10-19-32(6)40-39-27-38(36-23-16-14-18-30(36)4)34(26-31(39)5)24-28(2)25-37(33-20-11-9-12-21-33)35-22-15-13-17-29(35)3/h7-23,25-27H,2,24H2,1,3-6H3/b8-7-,19-10-,37-25-,40-32+. The Balaban J connectivity index is 1.80. The second-order valence-electron chi connectivity index (χ2n) is 10.3. The summed E-state index contributed by atoms with van der Waals surface area (Å²) in [5.74, 6) is 0. The number of nitrogens with zero attached hydrogens (tertiary/aromatic N) is 1. The molecule has 0 aliphatic carbocycles. The Kier molecular flexibility index (Phi) is 9.65. The largest absolute Gasteiger partial charge is 0.253 e. The van der Waals surface area contributed by atoms with Gasteiger partial charge in [-0.25, -0.2) is 0 Å². The molecule has 40 heavy (non-hydrogen) atoms. The van der Waals surface area contributed by atoms with Gasteiger partial charge in [-0.15, -0.1) is 0 Å². The van der Waals surface area contributed by atoms with E-state index in [1.807, 2.05) is 38.2 Å². The van der Waals surface area contributed by atoms with Crippen LogP contribution in [0.25, 0.3) is 16.7 Å². The molecule has 0 aliphatic heterocycles. The van der Waals surface area contributed by atoms with Gasteiger partial charge in [0.15, 0.2) is 0 Å². The first-order valence-corrected chi connectivity index (χ1v) is 13.9. The molecular formula is C39H39N. The third-order valence-corrected chi connectivity index (χ3v) is 7.08. The molecule has 0 saturated carbocycles. The summed E-state index contributed by atoms with van der Waals surface area (Å²) in [5.41, 5.74) is 14.0. The van der Waals surface area contributed by atoms with Crippen LogP contribution in [-0.2, 0) is 6.42 Å². The molecule has 0 amide bonds. The van der Waals surface area contributed by atoms with Gasteiger partial charge in [0.2, 0.25) is 0 Å². The third-order valence-electron chi connectivity index (χ3n) is 7.08. The van der Waals surface area contributed by atoms with Gasteiger partial charge < -0.3 is 0 Å². The second kappa shape index (κ2) is 13.5. The van der Waals surface area contributed by atoms with Crippen LogP contribution in [-0.4, -0.2) is 5.71 Å². The fraction of sp³-hybridized carbons (Fsp3) is 0.154. The molecule has 0 aromatic heterocycles. The van der Waals surface area contributed by atoms with E-state index in [2.05, 4.69) is 124 Å². The maximum absolute atomic E-state index is 4.97. The summed E-state index contributed by atoms with van der Waals surface area (Å²) in [6, 6.07) is 32.3.